The molecule has 0 fully saturated rings. The quantitative estimate of drug-likeness (QED) is 0.394. The van der Waals surface area contributed by atoms with Crippen LogP contribution in [0.4, 0.5) is 10.1 Å². The lowest BCUT2D eigenvalue weighted by atomic mass is 10.2. The third-order valence-corrected chi connectivity index (χ3v) is 5.66. The Labute approximate surface area is 179 Å². The normalized spacial score (nSPS) is 11.3. The van der Waals surface area contributed by atoms with Gasteiger partial charge in [-0.25, -0.2) is 4.39 Å². The van der Waals surface area contributed by atoms with E-state index in [4.69, 9.17) is 0 Å². The van der Waals surface area contributed by atoms with Crippen molar-refractivity contribution in [3.63, 3.8) is 0 Å². The van der Waals surface area contributed by atoms with Crippen molar-refractivity contribution in [2.24, 2.45) is 7.05 Å². The predicted molar refractivity (Wildman–Crippen MR) is 123 cm³/mol. The van der Waals surface area contributed by atoms with Crippen molar-refractivity contribution in [2.75, 3.05) is 5.32 Å². The van der Waals surface area contributed by atoms with E-state index in [1.807, 2.05) is 77.8 Å². The number of halogens is 1. The monoisotopic (exact) mass is 411 g/mol. The second kappa shape index (κ2) is 7.43. The zero-order valence-corrected chi connectivity index (χ0v) is 17.4. The van der Waals surface area contributed by atoms with E-state index in [2.05, 4.69) is 11.4 Å². The number of aryl methyl sites for hydroxylation is 2. The number of anilines is 1. The Morgan fingerprint density at radius 3 is 2.61 bits per heavy atom. The van der Waals surface area contributed by atoms with Gasteiger partial charge in [-0.15, -0.1) is 0 Å². The molecule has 0 spiro atoms. The van der Waals surface area contributed by atoms with Crippen LogP contribution in [0.25, 0.3) is 21.8 Å². The Balaban J connectivity index is 1.54. The third-order valence-electron chi connectivity index (χ3n) is 5.66. The highest BCUT2D eigenvalue weighted by Crippen LogP contribution is 2.25. The van der Waals surface area contributed by atoms with Crippen molar-refractivity contribution in [2.45, 2.75) is 13.5 Å². The fourth-order valence-electron chi connectivity index (χ4n) is 4.12. The van der Waals surface area contributed by atoms with Crippen LogP contribution in [0.15, 0.2) is 79.0 Å². The van der Waals surface area contributed by atoms with E-state index in [1.165, 1.54) is 12.1 Å². The molecule has 0 saturated heterocycles. The third kappa shape index (κ3) is 3.59. The van der Waals surface area contributed by atoms with Crippen LogP contribution in [0, 0.1) is 12.7 Å². The Morgan fingerprint density at radius 2 is 1.77 bits per heavy atom. The maximum atomic E-state index is 13.7. The summed E-state index contributed by atoms with van der Waals surface area (Å²) < 4.78 is 17.7. The zero-order chi connectivity index (χ0) is 21.5. The van der Waals surface area contributed by atoms with Crippen molar-refractivity contribution >= 4 is 33.4 Å². The zero-order valence-electron chi connectivity index (χ0n) is 17.4. The molecule has 0 atom stereocenters. The number of nitrogens with one attached hydrogen (secondary N) is 1. The molecule has 5 rings (SSSR count). The highest BCUT2D eigenvalue weighted by atomic mass is 19.1. The van der Waals surface area contributed by atoms with E-state index in [9.17, 15) is 9.18 Å². The van der Waals surface area contributed by atoms with Crippen molar-refractivity contribution in [3.05, 3.63) is 102 Å². The highest BCUT2D eigenvalue weighted by Gasteiger charge is 2.17. The van der Waals surface area contributed by atoms with Gasteiger partial charge in [0.15, 0.2) is 0 Å². The van der Waals surface area contributed by atoms with Crippen molar-refractivity contribution in [3.8, 4) is 0 Å². The molecule has 0 aliphatic heterocycles. The first-order valence-electron chi connectivity index (χ1n) is 10.2. The van der Waals surface area contributed by atoms with Crippen LogP contribution in [0.2, 0.25) is 0 Å². The van der Waals surface area contributed by atoms with E-state index in [0.29, 0.717) is 12.2 Å². The van der Waals surface area contributed by atoms with Crippen LogP contribution < -0.4 is 5.32 Å². The summed E-state index contributed by atoms with van der Waals surface area (Å²) in [6.07, 6.45) is 2.00. The van der Waals surface area contributed by atoms with Gasteiger partial charge in [0.25, 0.3) is 5.91 Å². The first-order valence-corrected chi connectivity index (χ1v) is 10.2. The number of aromatic nitrogens is 2. The van der Waals surface area contributed by atoms with Gasteiger partial charge in [0.05, 0.1) is 0 Å². The van der Waals surface area contributed by atoms with Crippen LogP contribution in [0.3, 0.4) is 0 Å². The Bertz CT molecular complexity index is 1440. The second-order valence-corrected chi connectivity index (χ2v) is 7.96. The standard InChI is InChI=1S/C26H22FN3O/c1-17-6-8-24-20(12-17)15-25(30(24)16-18-4-3-5-21(27)13-18)26(31)28-22-7-9-23-19(14-22)10-11-29(23)2/h3-15H,16H2,1-2H3,(H,28,31). The molecular formula is C26H22FN3O. The number of carbonyl (C=O) groups excluding carboxylic acids is 1. The molecule has 3 aromatic carbocycles. The molecular weight excluding hydrogens is 389 g/mol. The number of hydrogen-bond donors (Lipinski definition) is 1. The summed E-state index contributed by atoms with van der Waals surface area (Å²) in [5.74, 6) is -0.479. The summed E-state index contributed by atoms with van der Waals surface area (Å²) in [6.45, 7) is 2.43. The van der Waals surface area contributed by atoms with E-state index >= 15 is 0 Å². The van der Waals surface area contributed by atoms with Crippen molar-refractivity contribution in [1.29, 1.82) is 0 Å². The van der Waals surface area contributed by atoms with Crippen LogP contribution in [-0.2, 0) is 13.6 Å². The minimum atomic E-state index is -0.285. The number of fused-ring (bicyclic) bond motifs is 2. The first-order chi connectivity index (χ1) is 15.0. The van der Waals surface area contributed by atoms with Crippen LogP contribution >= 0.6 is 0 Å². The molecule has 0 bridgehead atoms. The number of amides is 1. The number of nitrogens with zero attached hydrogens (tertiary/aromatic N) is 2. The lowest BCUT2D eigenvalue weighted by Crippen LogP contribution is -2.17. The molecule has 31 heavy (non-hydrogen) atoms. The molecule has 0 unspecified atom stereocenters. The molecule has 0 aliphatic rings. The average molecular weight is 411 g/mol. The molecule has 0 radical (unpaired) electrons. The summed E-state index contributed by atoms with van der Waals surface area (Å²) in [7, 11) is 1.99. The summed E-state index contributed by atoms with van der Waals surface area (Å²) in [5, 5.41) is 5.08. The lowest BCUT2D eigenvalue weighted by Gasteiger charge is -2.12. The van der Waals surface area contributed by atoms with Gasteiger partial charge in [0, 0.05) is 47.3 Å². The van der Waals surface area contributed by atoms with Crippen molar-refractivity contribution in [1.82, 2.24) is 9.13 Å². The molecule has 1 amide bonds. The Morgan fingerprint density at radius 1 is 0.935 bits per heavy atom. The second-order valence-electron chi connectivity index (χ2n) is 7.96. The fraction of sp³-hybridized carbons (Fsp3) is 0.115. The summed E-state index contributed by atoms with van der Waals surface area (Å²) in [6, 6.07) is 22.4. The van der Waals surface area contributed by atoms with Gasteiger partial charge in [-0.3, -0.25) is 4.79 Å². The lowest BCUT2D eigenvalue weighted by molar-refractivity contribution is 0.101. The molecule has 0 saturated carbocycles. The van der Waals surface area contributed by atoms with Gasteiger partial charge in [-0.05, 0) is 67.1 Å². The van der Waals surface area contributed by atoms with Gasteiger partial charge in [0.2, 0.25) is 0 Å². The maximum absolute atomic E-state index is 13.7. The summed E-state index contributed by atoms with van der Waals surface area (Å²) >= 11 is 0. The molecule has 5 heteroatoms. The summed E-state index contributed by atoms with van der Waals surface area (Å²) in [5.41, 5.74) is 5.25. The van der Waals surface area contributed by atoms with E-state index in [0.717, 1.165) is 38.6 Å². The topological polar surface area (TPSA) is 39.0 Å². The van der Waals surface area contributed by atoms with Gasteiger partial charge in [-0.1, -0.05) is 23.8 Å². The number of benzene rings is 3. The van der Waals surface area contributed by atoms with Gasteiger partial charge in [-0.2, -0.15) is 0 Å². The molecule has 2 aromatic heterocycles. The highest BCUT2D eigenvalue weighted by molar-refractivity contribution is 6.07. The Hall–Kier alpha value is -3.86. The van der Waals surface area contributed by atoms with Gasteiger partial charge < -0.3 is 14.5 Å². The van der Waals surface area contributed by atoms with Gasteiger partial charge >= 0.3 is 0 Å². The van der Waals surface area contributed by atoms with Crippen LogP contribution in [-0.4, -0.2) is 15.0 Å². The summed E-state index contributed by atoms with van der Waals surface area (Å²) in [4.78, 5) is 13.3. The first kappa shape index (κ1) is 19.1. The minimum Gasteiger partial charge on any atom is -0.351 e. The molecule has 154 valence electrons. The van der Waals surface area contributed by atoms with Crippen LogP contribution in [0.5, 0.6) is 0 Å². The van der Waals surface area contributed by atoms with Crippen LogP contribution in [0.1, 0.15) is 21.6 Å². The van der Waals surface area contributed by atoms with E-state index in [-0.39, 0.29) is 11.7 Å². The van der Waals surface area contributed by atoms with Crippen molar-refractivity contribution < 1.29 is 9.18 Å². The molecule has 4 nitrogen and oxygen atoms in total. The predicted octanol–water partition coefficient (Wildman–Crippen LogP) is 5.88. The van der Waals surface area contributed by atoms with Gasteiger partial charge in [0.1, 0.15) is 11.5 Å². The molecule has 1 N–H and O–H groups in total. The number of carbonyl (C=O) groups is 1. The Kier molecular flexibility index (Phi) is 4.59. The fourth-order valence-corrected chi connectivity index (χ4v) is 4.12. The number of hydrogen-bond acceptors (Lipinski definition) is 1. The van der Waals surface area contributed by atoms with E-state index in [1.54, 1.807) is 6.07 Å². The SMILES string of the molecule is Cc1ccc2c(c1)cc(C(=O)Nc1ccc3c(ccn3C)c1)n2Cc1cccc(F)c1. The minimum absolute atomic E-state index is 0.194. The average Bonchev–Trinajstić information content (AvgIpc) is 3.28. The maximum Gasteiger partial charge on any atom is 0.272 e. The van der Waals surface area contributed by atoms with E-state index < -0.39 is 0 Å². The molecule has 5 aromatic rings. The largest absolute Gasteiger partial charge is 0.351 e. The number of rotatable bonds is 4. The smallest absolute Gasteiger partial charge is 0.272 e. The molecule has 0 aliphatic carbocycles. The molecule has 2 heterocycles.